The van der Waals surface area contributed by atoms with Crippen LogP contribution in [0.2, 0.25) is 0 Å². The molecule has 3 rings (SSSR count). The number of hydrogen-bond acceptors (Lipinski definition) is 8. The highest BCUT2D eigenvalue weighted by atomic mass is 16.6. The molecule has 192 valence electrons. The van der Waals surface area contributed by atoms with Gasteiger partial charge in [0.15, 0.2) is 0 Å². The van der Waals surface area contributed by atoms with Gasteiger partial charge in [0.2, 0.25) is 11.6 Å². The van der Waals surface area contributed by atoms with Crippen LogP contribution in [0.1, 0.15) is 65.9 Å². The molecule has 0 spiro atoms. The minimum Gasteiger partial charge on any atom is -0.474 e. The Morgan fingerprint density at radius 2 is 1.86 bits per heavy atom. The summed E-state index contributed by atoms with van der Waals surface area (Å²) in [7, 11) is 0. The lowest BCUT2D eigenvalue weighted by Gasteiger charge is -2.19. The molecule has 0 fully saturated rings. The van der Waals surface area contributed by atoms with Crippen LogP contribution in [0, 0.1) is 0 Å². The first-order chi connectivity index (χ1) is 17.2. The number of carbonyl (C=O) groups is 2. The minimum atomic E-state index is -0.478. The van der Waals surface area contributed by atoms with Crippen LogP contribution in [0.5, 0.6) is 5.88 Å². The Balaban J connectivity index is 1.79. The summed E-state index contributed by atoms with van der Waals surface area (Å²) in [4.78, 5) is 32.6. The van der Waals surface area contributed by atoms with Crippen LogP contribution in [-0.2, 0) is 19.1 Å². The number of furan rings is 1. The number of carbonyl (C=O) groups excluding carboxylic acids is 2. The first-order valence-electron chi connectivity index (χ1n) is 12.2. The molecule has 0 aliphatic carbocycles. The molecule has 0 saturated heterocycles. The fraction of sp³-hybridized carbons (Fsp3) is 0.429. The molecule has 8 heteroatoms. The fourth-order valence-corrected chi connectivity index (χ4v) is 3.66. The van der Waals surface area contributed by atoms with Crippen LogP contribution in [-0.4, -0.2) is 40.2 Å². The van der Waals surface area contributed by atoms with Crippen molar-refractivity contribution < 1.29 is 28.2 Å². The molecular formula is C28H34N2O6. The quantitative estimate of drug-likeness (QED) is 0.178. The largest absolute Gasteiger partial charge is 0.474 e. The third kappa shape index (κ3) is 7.66. The highest BCUT2D eigenvalue weighted by molar-refractivity contribution is 5.99. The van der Waals surface area contributed by atoms with Crippen LogP contribution >= 0.6 is 0 Å². The second-order valence-corrected chi connectivity index (χ2v) is 9.42. The number of fused-ring (bicyclic) bond motifs is 1. The maximum atomic E-state index is 12.0. The molecule has 8 nitrogen and oxygen atoms in total. The molecular weight excluding hydrogens is 460 g/mol. The molecule has 1 aromatic carbocycles. The van der Waals surface area contributed by atoms with Gasteiger partial charge in [0.1, 0.15) is 23.1 Å². The Hall–Kier alpha value is -3.68. The normalized spacial score (nSPS) is 12.6. The van der Waals surface area contributed by atoms with Gasteiger partial charge in [0.05, 0.1) is 12.7 Å². The van der Waals surface area contributed by atoms with E-state index in [4.69, 9.17) is 18.6 Å². The van der Waals surface area contributed by atoms with Crippen molar-refractivity contribution in [1.82, 2.24) is 9.97 Å². The molecule has 3 aromatic rings. The molecule has 36 heavy (non-hydrogen) atoms. The molecule has 0 aliphatic rings. The monoisotopic (exact) mass is 494 g/mol. The van der Waals surface area contributed by atoms with Gasteiger partial charge >= 0.3 is 11.9 Å². The number of rotatable bonds is 11. The van der Waals surface area contributed by atoms with E-state index in [2.05, 4.69) is 9.97 Å². The number of hydrogen-bond donors (Lipinski definition) is 0. The third-order valence-electron chi connectivity index (χ3n) is 5.17. The third-order valence-corrected chi connectivity index (χ3v) is 5.17. The topological polar surface area (TPSA) is 101 Å². The van der Waals surface area contributed by atoms with Crippen molar-refractivity contribution >= 4 is 29.1 Å². The fourth-order valence-electron chi connectivity index (χ4n) is 3.66. The number of benzene rings is 1. The Morgan fingerprint density at radius 1 is 1.11 bits per heavy atom. The molecule has 2 heterocycles. The van der Waals surface area contributed by atoms with Crippen LogP contribution in [0.25, 0.3) is 28.5 Å². The van der Waals surface area contributed by atoms with E-state index in [0.29, 0.717) is 41.1 Å². The van der Waals surface area contributed by atoms with E-state index < -0.39 is 11.6 Å². The second kappa shape index (κ2) is 12.3. The molecule has 0 N–H and O–H groups in total. The van der Waals surface area contributed by atoms with Crippen LogP contribution in [0.3, 0.4) is 0 Å². The Kier molecular flexibility index (Phi) is 9.22. The van der Waals surface area contributed by atoms with Gasteiger partial charge in [-0.3, -0.25) is 4.79 Å². The predicted molar refractivity (Wildman–Crippen MR) is 137 cm³/mol. The van der Waals surface area contributed by atoms with Crippen molar-refractivity contribution in [3.8, 4) is 17.2 Å². The molecule has 0 bridgehead atoms. The van der Waals surface area contributed by atoms with E-state index in [1.54, 1.807) is 13.0 Å². The van der Waals surface area contributed by atoms with Gasteiger partial charge in [-0.2, -0.15) is 0 Å². The molecule has 0 unspecified atom stereocenters. The van der Waals surface area contributed by atoms with E-state index in [0.717, 1.165) is 18.4 Å². The average molecular weight is 495 g/mol. The standard InChI is InChI=1S/C28H34N2O6/c1-6-33-22(31)17-16-21-24-26(34-19(2)12-10-11-15-23(32)36-28(3,4)5)29-18-30-27(24)35-25(21)20-13-8-7-9-14-20/h7-9,13-14,16-19H,6,10-12,15H2,1-5H3/b17-16+/t19-/m1/s1. The summed E-state index contributed by atoms with van der Waals surface area (Å²) < 4.78 is 22.7. The SMILES string of the molecule is CCOC(=O)/C=C/c1c(-c2ccccc2)oc2ncnc(O[C@H](C)CCCCC(=O)OC(C)(C)C)c12. The van der Waals surface area contributed by atoms with E-state index in [-0.39, 0.29) is 18.7 Å². The maximum absolute atomic E-state index is 12.0. The summed E-state index contributed by atoms with van der Waals surface area (Å²) >= 11 is 0. The molecule has 0 radical (unpaired) electrons. The first-order valence-corrected chi connectivity index (χ1v) is 12.2. The van der Waals surface area contributed by atoms with Gasteiger partial charge in [-0.25, -0.2) is 14.8 Å². The van der Waals surface area contributed by atoms with Gasteiger partial charge < -0.3 is 18.6 Å². The lowest BCUT2D eigenvalue weighted by atomic mass is 10.1. The van der Waals surface area contributed by atoms with Gasteiger partial charge in [-0.15, -0.1) is 0 Å². The first kappa shape index (κ1) is 26.9. The molecule has 2 aromatic heterocycles. The zero-order chi connectivity index (χ0) is 26.1. The Labute approximate surface area is 211 Å². The smallest absolute Gasteiger partial charge is 0.330 e. The lowest BCUT2D eigenvalue weighted by Crippen LogP contribution is -2.23. The van der Waals surface area contributed by atoms with Crippen molar-refractivity contribution in [3.63, 3.8) is 0 Å². The second-order valence-electron chi connectivity index (χ2n) is 9.42. The summed E-state index contributed by atoms with van der Waals surface area (Å²) in [5.74, 6) is 0.276. The average Bonchev–Trinajstić information content (AvgIpc) is 3.20. The van der Waals surface area contributed by atoms with Crippen molar-refractivity contribution in [2.45, 2.75) is 72.0 Å². The van der Waals surface area contributed by atoms with Gasteiger partial charge in [-0.1, -0.05) is 30.3 Å². The number of unbranched alkanes of at least 4 members (excludes halogenated alkanes) is 1. The van der Waals surface area contributed by atoms with E-state index in [9.17, 15) is 9.59 Å². The molecule has 0 amide bonds. The number of nitrogens with zero attached hydrogens (tertiary/aromatic N) is 2. The van der Waals surface area contributed by atoms with Crippen LogP contribution in [0.4, 0.5) is 0 Å². The van der Waals surface area contributed by atoms with E-state index >= 15 is 0 Å². The van der Waals surface area contributed by atoms with Crippen molar-refractivity contribution in [2.24, 2.45) is 0 Å². The highest BCUT2D eigenvalue weighted by Gasteiger charge is 2.21. The Morgan fingerprint density at radius 3 is 2.56 bits per heavy atom. The Bertz CT molecular complexity index is 1190. The number of esters is 2. The van der Waals surface area contributed by atoms with Crippen molar-refractivity contribution in [1.29, 1.82) is 0 Å². The van der Waals surface area contributed by atoms with Crippen molar-refractivity contribution in [2.75, 3.05) is 6.61 Å². The van der Waals surface area contributed by atoms with Gasteiger partial charge in [-0.05, 0) is 60.0 Å². The van der Waals surface area contributed by atoms with Crippen LogP contribution in [0.15, 0.2) is 47.2 Å². The van der Waals surface area contributed by atoms with Gasteiger partial charge in [0.25, 0.3) is 0 Å². The summed E-state index contributed by atoms with van der Waals surface area (Å²) in [5, 5.41) is 0.581. The summed E-state index contributed by atoms with van der Waals surface area (Å²) in [6.07, 6.45) is 6.83. The molecule has 1 atom stereocenters. The highest BCUT2D eigenvalue weighted by Crippen LogP contribution is 2.38. The summed E-state index contributed by atoms with van der Waals surface area (Å²) in [6.45, 7) is 9.57. The van der Waals surface area contributed by atoms with Crippen molar-refractivity contribution in [3.05, 3.63) is 48.3 Å². The van der Waals surface area contributed by atoms with E-state index in [1.165, 1.54) is 12.4 Å². The number of ether oxygens (including phenoxy) is 3. The zero-order valence-corrected chi connectivity index (χ0v) is 21.6. The van der Waals surface area contributed by atoms with E-state index in [1.807, 2.05) is 58.0 Å². The van der Waals surface area contributed by atoms with Gasteiger partial charge in [0, 0.05) is 23.6 Å². The summed E-state index contributed by atoms with van der Waals surface area (Å²) in [5.41, 5.74) is 1.35. The molecule has 0 aliphatic heterocycles. The predicted octanol–water partition coefficient (Wildman–Crippen LogP) is 6.14. The maximum Gasteiger partial charge on any atom is 0.330 e. The summed E-state index contributed by atoms with van der Waals surface area (Å²) in [6, 6.07) is 9.56. The lowest BCUT2D eigenvalue weighted by molar-refractivity contribution is -0.155. The zero-order valence-electron chi connectivity index (χ0n) is 21.6. The molecule has 0 saturated carbocycles. The van der Waals surface area contributed by atoms with Crippen LogP contribution < -0.4 is 4.74 Å². The minimum absolute atomic E-state index is 0.168. The number of aromatic nitrogens is 2.